The van der Waals surface area contributed by atoms with E-state index in [0.717, 1.165) is 0 Å². The van der Waals surface area contributed by atoms with E-state index in [1.165, 1.54) is 0 Å². The summed E-state index contributed by atoms with van der Waals surface area (Å²) in [5.41, 5.74) is 0. The van der Waals surface area contributed by atoms with Crippen molar-refractivity contribution < 1.29 is 19.4 Å². The van der Waals surface area contributed by atoms with Crippen molar-refractivity contribution in [3.63, 3.8) is 0 Å². The first-order valence-electron chi connectivity index (χ1n) is 5.75. The molecule has 0 aromatic rings. The predicted octanol–water partition coefficient (Wildman–Crippen LogP) is 0.0196. The largest absolute Gasteiger partial charge is 0.465 e. The van der Waals surface area contributed by atoms with Crippen LogP contribution in [0.2, 0.25) is 0 Å². The lowest BCUT2D eigenvalue weighted by Crippen LogP contribution is -2.55. The Hall–Kier alpha value is -0.650. The number of hydrogen-bond acceptors (Lipinski definition) is 5. The Kier molecular flexibility index (Phi) is 5.18. The second kappa shape index (κ2) is 6.18. The minimum atomic E-state index is -0.284. The average Bonchev–Trinajstić information content (AvgIpc) is 2.29. The summed E-state index contributed by atoms with van der Waals surface area (Å²) in [6.07, 6.45) is -0.201. The van der Waals surface area contributed by atoms with Crippen LogP contribution in [-0.4, -0.2) is 60.5 Å². The third-order valence-corrected chi connectivity index (χ3v) is 2.88. The number of nitrogens with zero attached hydrogens (tertiary/aromatic N) is 1. The molecule has 0 saturated carbocycles. The number of carbonyl (C=O) groups is 1. The van der Waals surface area contributed by atoms with Gasteiger partial charge in [0.1, 0.15) is 6.04 Å². The highest BCUT2D eigenvalue weighted by atomic mass is 16.5. The Balaban J connectivity index is 2.57. The van der Waals surface area contributed by atoms with Crippen molar-refractivity contribution in [2.45, 2.75) is 39.0 Å². The summed E-state index contributed by atoms with van der Waals surface area (Å²) in [6.45, 7) is 7.11. The molecule has 0 aliphatic carbocycles. The van der Waals surface area contributed by atoms with Crippen molar-refractivity contribution >= 4 is 5.97 Å². The standard InChI is InChI=1S/C11H21NO4/c1-4-15-11(14)9(3)12-5-10(6-13)16-7-8(12)2/h8-10,13H,4-7H2,1-3H3. The molecule has 0 spiro atoms. The summed E-state index contributed by atoms with van der Waals surface area (Å²) in [6, 6.07) is -0.116. The zero-order chi connectivity index (χ0) is 12.1. The molecule has 1 rings (SSSR count). The van der Waals surface area contributed by atoms with Gasteiger partial charge in [-0.15, -0.1) is 0 Å². The molecule has 0 amide bonds. The van der Waals surface area contributed by atoms with E-state index in [2.05, 4.69) is 0 Å². The quantitative estimate of drug-likeness (QED) is 0.691. The van der Waals surface area contributed by atoms with Gasteiger partial charge in [0, 0.05) is 12.6 Å². The van der Waals surface area contributed by atoms with Gasteiger partial charge in [-0.2, -0.15) is 0 Å². The normalized spacial score (nSPS) is 28.8. The lowest BCUT2D eigenvalue weighted by atomic mass is 10.1. The van der Waals surface area contributed by atoms with E-state index >= 15 is 0 Å². The van der Waals surface area contributed by atoms with Gasteiger partial charge in [-0.25, -0.2) is 0 Å². The van der Waals surface area contributed by atoms with Gasteiger partial charge in [0.25, 0.3) is 0 Å². The molecule has 3 atom stereocenters. The van der Waals surface area contributed by atoms with Crippen LogP contribution in [0.5, 0.6) is 0 Å². The zero-order valence-corrected chi connectivity index (χ0v) is 10.2. The number of aliphatic hydroxyl groups is 1. The van der Waals surface area contributed by atoms with E-state index in [0.29, 0.717) is 19.8 Å². The molecule has 1 heterocycles. The van der Waals surface area contributed by atoms with Crippen LogP contribution in [0.3, 0.4) is 0 Å². The number of ether oxygens (including phenoxy) is 2. The smallest absolute Gasteiger partial charge is 0.323 e. The highest BCUT2D eigenvalue weighted by Gasteiger charge is 2.32. The molecule has 1 aliphatic rings. The van der Waals surface area contributed by atoms with Crippen LogP contribution in [0.15, 0.2) is 0 Å². The number of esters is 1. The van der Waals surface area contributed by atoms with Crippen LogP contribution in [-0.2, 0) is 14.3 Å². The van der Waals surface area contributed by atoms with E-state index in [-0.39, 0.29) is 30.8 Å². The van der Waals surface area contributed by atoms with Gasteiger partial charge in [-0.3, -0.25) is 9.69 Å². The van der Waals surface area contributed by atoms with Crippen LogP contribution < -0.4 is 0 Å². The topological polar surface area (TPSA) is 59.0 Å². The van der Waals surface area contributed by atoms with Crippen molar-refractivity contribution in [2.24, 2.45) is 0 Å². The first kappa shape index (κ1) is 13.4. The Morgan fingerprint density at radius 1 is 1.69 bits per heavy atom. The summed E-state index contributed by atoms with van der Waals surface area (Å²) < 4.78 is 10.4. The van der Waals surface area contributed by atoms with Crippen molar-refractivity contribution in [2.75, 3.05) is 26.4 Å². The SMILES string of the molecule is CCOC(=O)C(C)N1CC(CO)OCC1C. The summed E-state index contributed by atoms with van der Waals surface area (Å²) in [5, 5.41) is 9.05. The van der Waals surface area contributed by atoms with Crippen LogP contribution in [0.25, 0.3) is 0 Å². The Morgan fingerprint density at radius 3 is 2.94 bits per heavy atom. The van der Waals surface area contributed by atoms with Crippen molar-refractivity contribution in [3.05, 3.63) is 0 Å². The number of rotatable bonds is 4. The van der Waals surface area contributed by atoms with E-state index < -0.39 is 0 Å². The summed E-state index contributed by atoms with van der Waals surface area (Å²) in [4.78, 5) is 13.6. The number of morpholine rings is 1. The van der Waals surface area contributed by atoms with Crippen molar-refractivity contribution in [1.82, 2.24) is 4.90 Å². The van der Waals surface area contributed by atoms with Gasteiger partial charge in [0.15, 0.2) is 0 Å². The fourth-order valence-electron chi connectivity index (χ4n) is 1.89. The molecule has 3 unspecified atom stereocenters. The lowest BCUT2D eigenvalue weighted by molar-refractivity contribution is -0.155. The first-order valence-corrected chi connectivity index (χ1v) is 5.75. The molecule has 1 N–H and O–H groups in total. The van der Waals surface area contributed by atoms with Gasteiger partial charge in [-0.1, -0.05) is 0 Å². The fraction of sp³-hybridized carbons (Fsp3) is 0.909. The second-order valence-electron chi connectivity index (χ2n) is 4.11. The molecular formula is C11H21NO4. The molecule has 0 aromatic heterocycles. The van der Waals surface area contributed by atoms with E-state index in [9.17, 15) is 4.79 Å². The maximum absolute atomic E-state index is 11.6. The third kappa shape index (κ3) is 3.17. The molecule has 5 heteroatoms. The van der Waals surface area contributed by atoms with E-state index in [4.69, 9.17) is 14.6 Å². The number of aliphatic hydroxyl groups excluding tert-OH is 1. The first-order chi connectivity index (χ1) is 7.60. The maximum atomic E-state index is 11.6. The van der Waals surface area contributed by atoms with Gasteiger partial charge >= 0.3 is 5.97 Å². The monoisotopic (exact) mass is 231 g/mol. The molecular weight excluding hydrogens is 210 g/mol. The second-order valence-corrected chi connectivity index (χ2v) is 4.11. The molecule has 94 valence electrons. The molecule has 1 aliphatic heterocycles. The highest BCUT2D eigenvalue weighted by Crippen LogP contribution is 2.15. The third-order valence-electron chi connectivity index (χ3n) is 2.88. The van der Waals surface area contributed by atoms with E-state index in [1.807, 2.05) is 18.7 Å². The van der Waals surface area contributed by atoms with Gasteiger partial charge in [0.05, 0.1) is 25.9 Å². The van der Waals surface area contributed by atoms with Crippen LogP contribution in [0.4, 0.5) is 0 Å². The lowest BCUT2D eigenvalue weighted by Gasteiger charge is -2.39. The highest BCUT2D eigenvalue weighted by molar-refractivity contribution is 5.75. The fourth-order valence-corrected chi connectivity index (χ4v) is 1.89. The predicted molar refractivity (Wildman–Crippen MR) is 59.1 cm³/mol. The maximum Gasteiger partial charge on any atom is 0.323 e. The molecule has 1 saturated heterocycles. The minimum Gasteiger partial charge on any atom is -0.465 e. The van der Waals surface area contributed by atoms with Crippen molar-refractivity contribution in [3.8, 4) is 0 Å². The summed E-state index contributed by atoms with van der Waals surface area (Å²) in [5.74, 6) is -0.215. The zero-order valence-electron chi connectivity index (χ0n) is 10.2. The molecule has 0 radical (unpaired) electrons. The average molecular weight is 231 g/mol. The molecule has 1 fully saturated rings. The van der Waals surface area contributed by atoms with Gasteiger partial charge < -0.3 is 14.6 Å². The van der Waals surface area contributed by atoms with Crippen LogP contribution >= 0.6 is 0 Å². The van der Waals surface area contributed by atoms with Gasteiger partial charge in [0.2, 0.25) is 0 Å². The van der Waals surface area contributed by atoms with Crippen molar-refractivity contribution in [1.29, 1.82) is 0 Å². The minimum absolute atomic E-state index is 0.0151. The molecule has 5 nitrogen and oxygen atoms in total. The van der Waals surface area contributed by atoms with Crippen LogP contribution in [0, 0.1) is 0 Å². The molecule has 16 heavy (non-hydrogen) atoms. The Morgan fingerprint density at radius 2 is 2.38 bits per heavy atom. The molecule has 0 aromatic carbocycles. The number of hydrogen-bond donors (Lipinski definition) is 1. The van der Waals surface area contributed by atoms with Crippen LogP contribution in [0.1, 0.15) is 20.8 Å². The Labute approximate surface area is 96.3 Å². The van der Waals surface area contributed by atoms with Gasteiger partial charge in [-0.05, 0) is 20.8 Å². The summed E-state index contributed by atoms with van der Waals surface area (Å²) >= 11 is 0. The number of carbonyl (C=O) groups excluding carboxylic acids is 1. The Bertz CT molecular complexity index is 234. The van der Waals surface area contributed by atoms with E-state index in [1.54, 1.807) is 6.92 Å². The molecule has 0 bridgehead atoms. The summed E-state index contributed by atoms with van der Waals surface area (Å²) in [7, 11) is 0.